The van der Waals surface area contributed by atoms with E-state index in [1.54, 1.807) is 7.11 Å². The Morgan fingerprint density at radius 1 is 0.935 bits per heavy atom. The number of ether oxygens (including phenoxy) is 2. The lowest BCUT2D eigenvalue weighted by Gasteiger charge is -2.09. The first kappa shape index (κ1) is 21.1. The van der Waals surface area contributed by atoms with E-state index in [2.05, 4.69) is 55.1 Å². The van der Waals surface area contributed by atoms with Crippen LogP contribution in [0, 0.1) is 0 Å². The summed E-state index contributed by atoms with van der Waals surface area (Å²) < 4.78 is 13.7. The molecule has 8 heteroatoms. The molecule has 2 aromatic heterocycles. The van der Waals surface area contributed by atoms with Crippen LogP contribution in [0.5, 0.6) is 11.8 Å². The summed E-state index contributed by atoms with van der Waals surface area (Å²) >= 11 is 3.52. The van der Waals surface area contributed by atoms with Gasteiger partial charge in [-0.25, -0.2) is 4.98 Å². The number of nitrogens with two attached hydrogens (primary N) is 1. The van der Waals surface area contributed by atoms with Gasteiger partial charge in [0.05, 0.1) is 13.7 Å². The predicted molar refractivity (Wildman–Crippen MR) is 124 cm³/mol. The molecule has 0 spiro atoms. The zero-order chi connectivity index (χ0) is 21.6. The van der Waals surface area contributed by atoms with Crippen molar-refractivity contribution in [2.75, 3.05) is 19.5 Å². The topological polar surface area (TPSA) is 88.1 Å². The molecule has 0 aliphatic heterocycles. The molecule has 2 heterocycles. The summed E-state index contributed by atoms with van der Waals surface area (Å²) in [6.07, 6.45) is 2.61. The molecule has 0 aliphatic rings. The number of nitrogen functional groups attached to an aromatic ring is 1. The molecule has 0 unspecified atom stereocenters. The van der Waals surface area contributed by atoms with Crippen LogP contribution in [0.1, 0.15) is 17.5 Å². The molecule has 0 fully saturated rings. The Morgan fingerprint density at radius 3 is 2.42 bits per heavy atom. The summed E-state index contributed by atoms with van der Waals surface area (Å²) in [5.74, 6) is 1.15. The second-order valence-corrected chi connectivity index (χ2v) is 7.84. The maximum Gasteiger partial charge on any atom is 0.320 e. The van der Waals surface area contributed by atoms with Crippen molar-refractivity contribution in [1.82, 2.24) is 19.5 Å². The minimum absolute atomic E-state index is 0.274. The highest BCUT2D eigenvalue weighted by atomic mass is 79.9. The minimum atomic E-state index is 0.274. The highest BCUT2D eigenvalue weighted by Crippen LogP contribution is 2.25. The van der Waals surface area contributed by atoms with Crippen molar-refractivity contribution in [2.24, 2.45) is 0 Å². The van der Waals surface area contributed by atoms with Crippen LogP contribution in [0.25, 0.3) is 11.2 Å². The fraction of sp³-hybridized carbons (Fsp3) is 0.261. The second kappa shape index (κ2) is 9.78. The van der Waals surface area contributed by atoms with Crippen molar-refractivity contribution in [2.45, 2.75) is 25.8 Å². The number of aryl methyl sites for hydroxylation is 3. The SMILES string of the molecule is COc1ccc(CCn2c(Br)nc3c(N)nc(OCCCc4ccccc4)nc32)cc1. The van der Waals surface area contributed by atoms with Crippen LogP contribution < -0.4 is 15.2 Å². The maximum atomic E-state index is 6.13. The molecule has 0 saturated carbocycles. The molecule has 0 atom stereocenters. The van der Waals surface area contributed by atoms with E-state index < -0.39 is 0 Å². The van der Waals surface area contributed by atoms with Crippen LogP contribution in [-0.2, 0) is 19.4 Å². The van der Waals surface area contributed by atoms with Gasteiger partial charge >= 0.3 is 6.01 Å². The summed E-state index contributed by atoms with van der Waals surface area (Å²) in [6, 6.07) is 18.6. The minimum Gasteiger partial charge on any atom is -0.497 e. The molecule has 2 N–H and O–H groups in total. The third-order valence-corrected chi connectivity index (χ3v) is 5.63. The Balaban J connectivity index is 1.44. The van der Waals surface area contributed by atoms with Crippen molar-refractivity contribution < 1.29 is 9.47 Å². The number of fused-ring (bicyclic) bond motifs is 1. The van der Waals surface area contributed by atoms with E-state index in [1.807, 2.05) is 34.9 Å². The van der Waals surface area contributed by atoms with Crippen molar-refractivity contribution in [3.05, 3.63) is 70.5 Å². The molecular weight excluding hydrogens is 458 g/mol. The van der Waals surface area contributed by atoms with Crippen LogP contribution in [0.15, 0.2) is 59.3 Å². The van der Waals surface area contributed by atoms with E-state index in [4.69, 9.17) is 15.2 Å². The van der Waals surface area contributed by atoms with Gasteiger partial charge in [-0.3, -0.25) is 0 Å². The number of hydrogen-bond acceptors (Lipinski definition) is 6. The first-order valence-electron chi connectivity index (χ1n) is 10.1. The molecule has 0 aliphatic carbocycles. The monoisotopic (exact) mass is 481 g/mol. The smallest absolute Gasteiger partial charge is 0.320 e. The van der Waals surface area contributed by atoms with Gasteiger partial charge in [0.25, 0.3) is 0 Å². The summed E-state index contributed by atoms with van der Waals surface area (Å²) in [5.41, 5.74) is 9.83. The van der Waals surface area contributed by atoms with Crippen molar-refractivity contribution in [1.29, 1.82) is 0 Å². The highest BCUT2D eigenvalue weighted by molar-refractivity contribution is 9.10. The number of halogens is 1. The Bertz CT molecular complexity index is 1150. The van der Waals surface area contributed by atoms with Gasteiger partial charge in [-0.15, -0.1) is 0 Å². The van der Waals surface area contributed by atoms with Crippen molar-refractivity contribution in [3.8, 4) is 11.8 Å². The third kappa shape index (κ3) is 5.14. The number of rotatable bonds is 9. The number of methoxy groups -OCH3 is 1. The van der Waals surface area contributed by atoms with E-state index in [1.165, 1.54) is 11.1 Å². The number of anilines is 1. The molecule has 0 bridgehead atoms. The van der Waals surface area contributed by atoms with Crippen LogP contribution >= 0.6 is 15.9 Å². The largest absolute Gasteiger partial charge is 0.497 e. The lowest BCUT2D eigenvalue weighted by molar-refractivity contribution is 0.288. The van der Waals surface area contributed by atoms with E-state index in [9.17, 15) is 0 Å². The number of aromatic nitrogens is 4. The van der Waals surface area contributed by atoms with Crippen LogP contribution in [-0.4, -0.2) is 33.2 Å². The summed E-state index contributed by atoms with van der Waals surface area (Å²) in [7, 11) is 1.66. The Hall–Kier alpha value is -3.13. The van der Waals surface area contributed by atoms with Gasteiger partial charge < -0.3 is 19.8 Å². The average Bonchev–Trinajstić information content (AvgIpc) is 3.12. The molecule has 0 amide bonds. The van der Waals surface area contributed by atoms with Crippen LogP contribution in [0.2, 0.25) is 0 Å². The fourth-order valence-corrected chi connectivity index (χ4v) is 3.88. The molecule has 0 saturated heterocycles. The lowest BCUT2D eigenvalue weighted by Crippen LogP contribution is -2.07. The van der Waals surface area contributed by atoms with Gasteiger partial charge in [-0.2, -0.15) is 9.97 Å². The Labute approximate surface area is 189 Å². The molecule has 7 nitrogen and oxygen atoms in total. The first-order valence-corrected chi connectivity index (χ1v) is 10.9. The normalized spacial score (nSPS) is 11.0. The van der Waals surface area contributed by atoms with Crippen molar-refractivity contribution >= 4 is 32.9 Å². The molecular formula is C23H24BrN5O2. The predicted octanol–water partition coefficient (Wildman–Crippen LogP) is 4.43. The lowest BCUT2D eigenvalue weighted by atomic mass is 10.1. The average molecular weight is 482 g/mol. The first-order chi connectivity index (χ1) is 15.1. The van der Waals surface area contributed by atoms with Gasteiger partial charge in [-0.05, 0) is 58.5 Å². The fourth-order valence-electron chi connectivity index (χ4n) is 3.35. The summed E-state index contributed by atoms with van der Waals surface area (Å²) in [5, 5.41) is 0. The molecule has 31 heavy (non-hydrogen) atoms. The van der Waals surface area contributed by atoms with Gasteiger partial charge in [-0.1, -0.05) is 42.5 Å². The molecule has 160 valence electrons. The van der Waals surface area contributed by atoms with Gasteiger partial charge in [0, 0.05) is 6.54 Å². The van der Waals surface area contributed by atoms with E-state index in [0.29, 0.717) is 34.9 Å². The Morgan fingerprint density at radius 2 is 1.68 bits per heavy atom. The molecule has 0 radical (unpaired) electrons. The second-order valence-electron chi connectivity index (χ2n) is 7.13. The number of imidazole rings is 1. The van der Waals surface area contributed by atoms with E-state index in [-0.39, 0.29) is 6.01 Å². The number of nitrogens with zero attached hydrogens (tertiary/aromatic N) is 4. The van der Waals surface area contributed by atoms with Gasteiger partial charge in [0.1, 0.15) is 5.75 Å². The number of hydrogen-bond donors (Lipinski definition) is 1. The third-order valence-electron chi connectivity index (χ3n) is 5.02. The Kier molecular flexibility index (Phi) is 6.66. The van der Waals surface area contributed by atoms with Gasteiger partial charge in [0.2, 0.25) is 0 Å². The van der Waals surface area contributed by atoms with E-state index in [0.717, 1.165) is 25.0 Å². The van der Waals surface area contributed by atoms with Crippen LogP contribution in [0.3, 0.4) is 0 Å². The summed E-state index contributed by atoms with van der Waals surface area (Å²) in [6.45, 7) is 1.20. The highest BCUT2D eigenvalue weighted by Gasteiger charge is 2.16. The maximum absolute atomic E-state index is 6.13. The standard InChI is InChI=1S/C23H24BrN5O2/c1-30-18-11-9-17(10-12-18)13-14-29-21-19(26-22(29)24)20(25)27-23(28-21)31-15-5-8-16-6-3-2-4-7-16/h2-4,6-7,9-12H,5,8,13-15H2,1H3,(H2,25,27,28). The zero-order valence-electron chi connectivity index (χ0n) is 17.3. The molecule has 2 aromatic carbocycles. The van der Waals surface area contributed by atoms with E-state index >= 15 is 0 Å². The summed E-state index contributed by atoms with van der Waals surface area (Å²) in [4.78, 5) is 13.3. The molecule has 4 rings (SSSR count). The van der Waals surface area contributed by atoms with Crippen LogP contribution in [0.4, 0.5) is 5.82 Å². The zero-order valence-corrected chi connectivity index (χ0v) is 18.9. The van der Waals surface area contributed by atoms with Crippen molar-refractivity contribution in [3.63, 3.8) is 0 Å². The quantitative estimate of drug-likeness (QED) is 0.281. The van der Waals surface area contributed by atoms with Gasteiger partial charge in [0.15, 0.2) is 21.7 Å². The number of benzene rings is 2. The molecule has 4 aromatic rings.